The van der Waals surface area contributed by atoms with Gasteiger partial charge >= 0.3 is 0 Å². The number of halogens is 1. The van der Waals surface area contributed by atoms with E-state index in [1.807, 2.05) is 41.1 Å². The predicted octanol–water partition coefficient (Wildman–Crippen LogP) is 4.23. The molecule has 0 saturated heterocycles. The van der Waals surface area contributed by atoms with Gasteiger partial charge in [-0.25, -0.2) is 0 Å². The van der Waals surface area contributed by atoms with Crippen molar-refractivity contribution in [1.29, 1.82) is 0 Å². The van der Waals surface area contributed by atoms with E-state index in [2.05, 4.69) is 5.32 Å². The Balaban J connectivity index is 1.69. The number of aromatic nitrogens is 1. The summed E-state index contributed by atoms with van der Waals surface area (Å²) >= 11 is 5.76. The summed E-state index contributed by atoms with van der Waals surface area (Å²) in [5, 5.41) is 15.0. The first-order valence-corrected chi connectivity index (χ1v) is 7.70. The lowest BCUT2D eigenvalue weighted by molar-refractivity contribution is -0.383. The average Bonchev–Trinajstić information content (AvgIpc) is 2.97. The maximum atomic E-state index is 12.1. The molecule has 7 heteroatoms. The van der Waals surface area contributed by atoms with Crippen LogP contribution in [-0.2, 0) is 11.3 Å². The van der Waals surface area contributed by atoms with Gasteiger partial charge in [0.2, 0.25) is 5.91 Å². The van der Waals surface area contributed by atoms with Crippen molar-refractivity contribution in [2.75, 3.05) is 5.32 Å². The fourth-order valence-electron chi connectivity index (χ4n) is 2.53. The average molecular weight is 344 g/mol. The van der Waals surface area contributed by atoms with Crippen LogP contribution in [0.4, 0.5) is 11.4 Å². The van der Waals surface area contributed by atoms with Gasteiger partial charge in [0.05, 0.1) is 4.92 Å². The molecule has 0 unspecified atom stereocenters. The highest BCUT2D eigenvalue weighted by atomic mass is 35.5. The lowest BCUT2D eigenvalue weighted by Crippen LogP contribution is -2.15. The Labute approximate surface area is 142 Å². The van der Waals surface area contributed by atoms with E-state index in [1.54, 1.807) is 0 Å². The Morgan fingerprint density at radius 2 is 2.00 bits per heavy atom. The van der Waals surface area contributed by atoms with E-state index >= 15 is 0 Å². The SMILES string of the molecule is O=C(CCn1ccc2ccccc21)Nc1ccc(Cl)cc1[N+](=O)[O-]. The van der Waals surface area contributed by atoms with Gasteiger partial charge in [-0.05, 0) is 29.7 Å². The molecule has 0 atom stereocenters. The summed E-state index contributed by atoms with van der Waals surface area (Å²) in [5.41, 5.74) is 0.969. The number of aryl methyl sites for hydroxylation is 1. The minimum atomic E-state index is -0.569. The van der Waals surface area contributed by atoms with E-state index in [0.29, 0.717) is 6.54 Å². The largest absolute Gasteiger partial charge is 0.347 e. The highest BCUT2D eigenvalue weighted by Crippen LogP contribution is 2.27. The molecule has 1 amide bonds. The quantitative estimate of drug-likeness (QED) is 0.556. The molecule has 1 aromatic heterocycles. The topological polar surface area (TPSA) is 77.2 Å². The number of hydrogen-bond acceptors (Lipinski definition) is 3. The summed E-state index contributed by atoms with van der Waals surface area (Å²) in [6.45, 7) is 0.487. The number of hydrogen-bond donors (Lipinski definition) is 1. The molecule has 0 aliphatic carbocycles. The van der Waals surface area contributed by atoms with Gasteiger partial charge in [-0.3, -0.25) is 14.9 Å². The summed E-state index contributed by atoms with van der Waals surface area (Å²) < 4.78 is 1.98. The first-order valence-electron chi connectivity index (χ1n) is 7.32. The Morgan fingerprint density at radius 1 is 1.21 bits per heavy atom. The van der Waals surface area contributed by atoms with Crippen molar-refractivity contribution in [3.8, 4) is 0 Å². The van der Waals surface area contributed by atoms with Crippen LogP contribution in [0.3, 0.4) is 0 Å². The van der Waals surface area contributed by atoms with Crippen molar-refractivity contribution in [2.24, 2.45) is 0 Å². The number of rotatable bonds is 5. The molecule has 0 radical (unpaired) electrons. The molecule has 1 N–H and O–H groups in total. The van der Waals surface area contributed by atoms with Crippen molar-refractivity contribution >= 4 is 39.8 Å². The molecule has 0 aliphatic rings. The maximum absolute atomic E-state index is 12.1. The van der Waals surface area contributed by atoms with Gasteiger partial charge < -0.3 is 9.88 Å². The second kappa shape index (κ2) is 6.72. The number of para-hydroxylation sites is 1. The zero-order valence-corrected chi connectivity index (χ0v) is 13.4. The van der Waals surface area contributed by atoms with E-state index < -0.39 is 4.92 Å². The fourth-order valence-corrected chi connectivity index (χ4v) is 2.70. The number of carbonyl (C=O) groups is 1. The van der Waals surface area contributed by atoms with Gasteiger partial charge in [-0.1, -0.05) is 29.8 Å². The minimum absolute atomic E-state index is 0.145. The van der Waals surface area contributed by atoms with Crippen molar-refractivity contribution in [1.82, 2.24) is 4.57 Å². The lowest BCUT2D eigenvalue weighted by Gasteiger charge is -2.08. The normalized spacial score (nSPS) is 10.7. The molecule has 3 aromatic rings. The second-order valence-corrected chi connectivity index (χ2v) is 5.72. The van der Waals surface area contributed by atoms with Gasteiger partial charge in [0.25, 0.3) is 5.69 Å². The molecule has 6 nitrogen and oxygen atoms in total. The highest BCUT2D eigenvalue weighted by Gasteiger charge is 2.16. The monoisotopic (exact) mass is 343 g/mol. The molecular weight excluding hydrogens is 330 g/mol. The number of nitro groups is 1. The third kappa shape index (κ3) is 3.38. The molecule has 0 bridgehead atoms. The number of nitrogens with one attached hydrogen (secondary N) is 1. The van der Waals surface area contributed by atoms with Crippen molar-refractivity contribution < 1.29 is 9.72 Å². The van der Waals surface area contributed by atoms with Crippen LogP contribution >= 0.6 is 11.6 Å². The summed E-state index contributed by atoms with van der Waals surface area (Å²) in [4.78, 5) is 22.6. The van der Waals surface area contributed by atoms with E-state index in [4.69, 9.17) is 11.6 Å². The number of amides is 1. The van der Waals surface area contributed by atoms with Crippen LogP contribution in [0.15, 0.2) is 54.7 Å². The number of carbonyl (C=O) groups excluding carboxylic acids is 1. The van der Waals surface area contributed by atoms with Crippen LogP contribution in [0.5, 0.6) is 0 Å². The van der Waals surface area contributed by atoms with Gasteiger partial charge in [-0.15, -0.1) is 0 Å². The van der Waals surface area contributed by atoms with Crippen LogP contribution in [0.1, 0.15) is 6.42 Å². The third-order valence-corrected chi connectivity index (χ3v) is 3.93. The Kier molecular flexibility index (Phi) is 4.48. The van der Waals surface area contributed by atoms with Crippen molar-refractivity contribution in [3.63, 3.8) is 0 Å². The highest BCUT2D eigenvalue weighted by molar-refractivity contribution is 6.31. The zero-order chi connectivity index (χ0) is 17.1. The van der Waals surface area contributed by atoms with Crippen LogP contribution < -0.4 is 5.32 Å². The van der Waals surface area contributed by atoms with E-state index in [-0.39, 0.29) is 28.7 Å². The summed E-state index contributed by atoms with van der Waals surface area (Å²) in [7, 11) is 0. The van der Waals surface area contributed by atoms with Gasteiger partial charge in [0, 0.05) is 35.8 Å². The van der Waals surface area contributed by atoms with Gasteiger partial charge in [0.15, 0.2) is 0 Å². The first-order chi connectivity index (χ1) is 11.5. The molecule has 0 aliphatic heterocycles. The standard InChI is InChI=1S/C17H14ClN3O3/c18-13-5-6-14(16(11-13)21(23)24)19-17(22)8-10-20-9-7-12-3-1-2-4-15(12)20/h1-7,9,11H,8,10H2,(H,19,22). The van der Waals surface area contributed by atoms with Crippen molar-refractivity contribution in [2.45, 2.75) is 13.0 Å². The van der Waals surface area contributed by atoms with Crippen LogP contribution in [-0.4, -0.2) is 15.4 Å². The number of nitro benzene ring substituents is 1. The molecule has 1 heterocycles. The number of fused-ring (bicyclic) bond motifs is 1. The minimum Gasteiger partial charge on any atom is -0.347 e. The van der Waals surface area contributed by atoms with Crippen LogP contribution in [0.25, 0.3) is 10.9 Å². The molecule has 0 fully saturated rings. The fraction of sp³-hybridized carbons (Fsp3) is 0.118. The Morgan fingerprint density at radius 3 is 2.79 bits per heavy atom. The smallest absolute Gasteiger partial charge is 0.294 e. The van der Waals surface area contributed by atoms with Gasteiger partial charge in [-0.2, -0.15) is 0 Å². The first kappa shape index (κ1) is 16.0. The van der Waals surface area contributed by atoms with Crippen LogP contribution in [0.2, 0.25) is 5.02 Å². The molecule has 122 valence electrons. The Hall–Kier alpha value is -2.86. The summed E-state index contributed by atoms with van der Waals surface area (Å²) in [6.07, 6.45) is 2.13. The Bertz CT molecular complexity index is 920. The predicted molar refractivity (Wildman–Crippen MR) is 93.3 cm³/mol. The summed E-state index contributed by atoms with van der Waals surface area (Å²) in [5.74, 6) is -0.293. The molecule has 0 saturated carbocycles. The molecule has 24 heavy (non-hydrogen) atoms. The summed E-state index contributed by atoms with van der Waals surface area (Å²) in [6, 6.07) is 14.0. The molecule has 3 rings (SSSR count). The van der Waals surface area contributed by atoms with E-state index in [1.165, 1.54) is 18.2 Å². The van der Waals surface area contributed by atoms with Crippen molar-refractivity contribution in [3.05, 3.63) is 69.9 Å². The maximum Gasteiger partial charge on any atom is 0.294 e. The van der Waals surface area contributed by atoms with E-state index in [0.717, 1.165) is 10.9 Å². The molecule has 2 aromatic carbocycles. The molecule has 0 spiro atoms. The van der Waals surface area contributed by atoms with Gasteiger partial charge in [0.1, 0.15) is 5.69 Å². The number of anilines is 1. The molecular formula is C17H14ClN3O3. The second-order valence-electron chi connectivity index (χ2n) is 5.28. The number of benzene rings is 2. The zero-order valence-electron chi connectivity index (χ0n) is 12.6. The third-order valence-electron chi connectivity index (χ3n) is 3.69. The van der Waals surface area contributed by atoms with Crippen LogP contribution in [0, 0.1) is 10.1 Å². The lowest BCUT2D eigenvalue weighted by atomic mass is 10.2. The number of nitrogens with zero attached hydrogens (tertiary/aromatic N) is 2. The van der Waals surface area contributed by atoms with E-state index in [9.17, 15) is 14.9 Å².